The Hall–Kier alpha value is -3.54. The van der Waals surface area contributed by atoms with E-state index in [9.17, 15) is 18.0 Å². The first-order valence-electron chi connectivity index (χ1n) is 10.6. The highest BCUT2D eigenvalue weighted by Crippen LogP contribution is 2.29. The molecular weight excluding hydrogens is 429 g/mol. The average molecular weight is 454 g/mol. The summed E-state index contributed by atoms with van der Waals surface area (Å²) in [5.74, 6) is 0.367. The first kappa shape index (κ1) is 24.1. The highest BCUT2D eigenvalue weighted by atomic mass is 19.4. The van der Waals surface area contributed by atoms with Crippen molar-refractivity contribution in [3.8, 4) is 11.5 Å². The van der Waals surface area contributed by atoms with Gasteiger partial charge in [0.05, 0.1) is 11.5 Å². The summed E-state index contributed by atoms with van der Waals surface area (Å²) in [5, 5.41) is 0. The van der Waals surface area contributed by atoms with Gasteiger partial charge in [-0.1, -0.05) is 68.5 Å². The molecule has 0 saturated heterocycles. The zero-order chi connectivity index (χ0) is 23.8. The Morgan fingerprint density at radius 3 is 2.21 bits per heavy atom. The number of rotatable bonds is 8. The standard InChI is InChI=1S/C27H25F3O3/c1-19(2)25(16-13-20-11-14-22(15-12-20)27(28,29)30)26(31)32-18-21-7-6-10-24(17-21)33-23-8-4-3-5-9-23/h3-17,19,25H,18H2,1-2H3/b16-13+. The number of hydrogen-bond acceptors (Lipinski definition) is 3. The van der Waals surface area contributed by atoms with Crippen molar-refractivity contribution in [2.45, 2.75) is 26.6 Å². The van der Waals surface area contributed by atoms with Crippen LogP contribution in [0.1, 0.15) is 30.5 Å². The predicted octanol–water partition coefficient (Wildman–Crippen LogP) is 7.53. The minimum Gasteiger partial charge on any atom is -0.460 e. The van der Waals surface area contributed by atoms with Crippen LogP contribution in [0.5, 0.6) is 11.5 Å². The largest absolute Gasteiger partial charge is 0.460 e. The summed E-state index contributed by atoms with van der Waals surface area (Å²) in [6.07, 6.45) is -1.07. The third-order valence-corrected chi connectivity index (χ3v) is 4.98. The van der Waals surface area contributed by atoms with E-state index in [0.29, 0.717) is 17.1 Å². The molecule has 3 aromatic rings. The molecule has 0 radical (unpaired) electrons. The molecule has 0 fully saturated rings. The first-order valence-corrected chi connectivity index (χ1v) is 10.6. The molecule has 0 N–H and O–H groups in total. The quantitative estimate of drug-likeness (QED) is 0.330. The molecule has 0 amide bonds. The summed E-state index contributed by atoms with van der Waals surface area (Å²) < 4.78 is 49.5. The van der Waals surface area contributed by atoms with E-state index in [2.05, 4.69) is 0 Å². The van der Waals surface area contributed by atoms with Crippen LogP contribution in [0.4, 0.5) is 13.2 Å². The number of halogens is 3. The number of esters is 1. The van der Waals surface area contributed by atoms with Crippen LogP contribution in [0.25, 0.3) is 6.08 Å². The number of hydrogen-bond donors (Lipinski definition) is 0. The van der Waals surface area contributed by atoms with Gasteiger partial charge in [-0.05, 0) is 53.4 Å². The molecule has 3 aromatic carbocycles. The lowest BCUT2D eigenvalue weighted by Gasteiger charge is -2.16. The van der Waals surface area contributed by atoms with E-state index in [4.69, 9.17) is 9.47 Å². The molecule has 0 bridgehead atoms. The minimum absolute atomic E-state index is 0.0454. The fourth-order valence-corrected chi connectivity index (χ4v) is 3.15. The molecule has 0 aliphatic rings. The lowest BCUT2D eigenvalue weighted by molar-refractivity contribution is -0.149. The maximum Gasteiger partial charge on any atom is 0.416 e. The number of para-hydroxylation sites is 1. The van der Waals surface area contributed by atoms with Crippen LogP contribution in [-0.4, -0.2) is 5.97 Å². The molecule has 1 unspecified atom stereocenters. The van der Waals surface area contributed by atoms with Gasteiger partial charge in [-0.2, -0.15) is 13.2 Å². The van der Waals surface area contributed by atoms with E-state index in [1.165, 1.54) is 12.1 Å². The molecule has 172 valence electrons. The molecule has 0 aliphatic heterocycles. The van der Waals surface area contributed by atoms with Crippen molar-refractivity contribution >= 4 is 12.0 Å². The summed E-state index contributed by atoms with van der Waals surface area (Å²) in [6.45, 7) is 3.86. The highest BCUT2D eigenvalue weighted by Gasteiger charge is 2.29. The molecule has 3 rings (SSSR count). The Morgan fingerprint density at radius 2 is 1.58 bits per heavy atom. The molecule has 0 spiro atoms. The molecule has 1 atom stereocenters. The zero-order valence-corrected chi connectivity index (χ0v) is 18.4. The normalized spacial score (nSPS) is 12.7. The third-order valence-electron chi connectivity index (χ3n) is 4.98. The fraction of sp³-hybridized carbons (Fsp3) is 0.222. The summed E-state index contributed by atoms with van der Waals surface area (Å²) in [4.78, 5) is 12.7. The van der Waals surface area contributed by atoms with Gasteiger partial charge >= 0.3 is 12.1 Å². The van der Waals surface area contributed by atoms with Gasteiger partial charge in [-0.15, -0.1) is 0 Å². The molecule has 0 saturated carbocycles. The van der Waals surface area contributed by atoms with Crippen LogP contribution >= 0.6 is 0 Å². The van der Waals surface area contributed by atoms with Crippen molar-refractivity contribution in [3.05, 3.63) is 102 Å². The first-order chi connectivity index (χ1) is 15.7. The van der Waals surface area contributed by atoms with Gasteiger partial charge in [0.25, 0.3) is 0 Å². The van der Waals surface area contributed by atoms with E-state index in [0.717, 1.165) is 17.7 Å². The van der Waals surface area contributed by atoms with Crippen molar-refractivity contribution < 1.29 is 27.4 Å². The number of ether oxygens (including phenoxy) is 2. The number of benzene rings is 3. The van der Waals surface area contributed by atoms with Gasteiger partial charge in [-0.3, -0.25) is 4.79 Å². The second-order valence-electron chi connectivity index (χ2n) is 7.92. The Labute approximate surface area is 191 Å². The minimum atomic E-state index is -4.38. The monoisotopic (exact) mass is 454 g/mol. The second kappa shape index (κ2) is 10.9. The lowest BCUT2D eigenvalue weighted by atomic mass is 9.94. The van der Waals surface area contributed by atoms with Crippen molar-refractivity contribution in [1.82, 2.24) is 0 Å². The topological polar surface area (TPSA) is 35.5 Å². The van der Waals surface area contributed by atoms with Crippen molar-refractivity contribution in [2.75, 3.05) is 0 Å². The maximum atomic E-state index is 12.7. The van der Waals surface area contributed by atoms with Crippen LogP contribution < -0.4 is 4.74 Å². The third kappa shape index (κ3) is 7.24. The van der Waals surface area contributed by atoms with Crippen LogP contribution in [0.2, 0.25) is 0 Å². The van der Waals surface area contributed by atoms with Gasteiger partial charge in [-0.25, -0.2) is 0 Å². The molecule has 6 heteroatoms. The van der Waals surface area contributed by atoms with Crippen LogP contribution in [0, 0.1) is 11.8 Å². The highest BCUT2D eigenvalue weighted by molar-refractivity contribution is 5.76. The van der Waals surface area contributed by atoms with E-state index in [1.807, 2.05) is 68.4 Å². The molecule has 3 nitrogen and oxygen atoms in total. The predicted molar refractivity (Wildman–Crippen MR) is 122 cm³/mol. The molecular formula is C27H25F3O3. The summed E-state index contributed by atoms with van der Waals surface area (Å²) >= 11 is 0. The second-order valence-corrected chi connectivity index (χ2v) is 7.92. The maximum absolute atomic E-state index is 12.7. The van der Waals surface area contributed by atoms with Crippen LogP contribution in [0.15, 0.2) is 84.9 Å². The average Bonchev–Trinajstić information content (AvgIpc) is 2.78. The van der Waals surface area contributed by atoms with Crippen molar-refractivity contribution in [3.63, 3.8) is 0 Å². The molecule has 0 aliphatic carbocycles. The number of alkyl halides is 3. The van der Waals surface area contributed by atoms with E-state index >= 15 is 0 Å². The van der Waals surface area contributed by atoms with Crippen LogP contribution in [-0.2, 0) is 22.3 Å². The molecule has 0 heterocycles. The summed E-state index contributed by atoms with van der Waals surface area (Å²) in [7, 11) is 0. The Morgan fingerprint density at radius 1 is 0.909 bits per heavy atom. The van der Waals surface area contributed by atoms with E-state index in [1.54, 1.807) is 12.2 Å². The number of carbonyl (C=O) groups is 1. The van der Waals surface area contributed by atoms with Crippen LogP contribution in [0.3, 0.4) is 0 Å². The van der Waals surface area contributed by atoms with Gasteiger partial charge in [0, 0.05) is 0 Å². The lowest BCUT2D eigenvalue weighted by Crippen LogP contribution is -2.20. The fourth-order valence-electron chi connectivity index (χ4n) is 3.15. The zero-order valence-electron chi connectivity index (χ0n) is 18.4. The molecule has 0 aromatic heterocycles. The van der Waals surface area contributed by atoms with E-state index in [-0.39, 0.29) is 12.5 Å². The van der Waals surface area contributed by atoms with E-state index < -0.39 is 23.6 Å². The number of carbonyl (C=O) groups excluding carboxylic acids is 1. The Balaban J connectivity index is 1.61. The SMILES string of the molecule is CC(C)C(/C=C/c1ccc(C(F)(F)F)cc1)C(=O)OCc1cccc(Oc2ccccc2)c1. The van der Waals surface area contributed by atoms with Gasteiger partial charge < -0.3 is 9.47 Å². The smallest absolute Gasteiger partial charge is 0.416 e. The Kier molecular flexibility index (Phi) is 7.93. The van der Waals surface area contributed by atoms with Crippen molar-refractivity contribution in [1.29, 1.82) is 0 Å². The Bertz CT molecular complexity index is 1070. The van der Waals surface area contributed by atoms with Gasteiger partial charge in [0.1, 0.15) is 18.1 Å². The van der Waals surface area contributed by atoms with Gasteiger partial charge in [0.2, 0.25) is 0 Å². The van der Waals surface area contributed by atoms with Crippen molar-refractivity contribution in [2.24, 2.45) is 11.8 Å². The molecule has 33 heavy (non-hydrogen) atoms. The summed E-state index contributed by atoms with van der Waals surface area (Å²) in [6, 6.07) is 21.5. The summed E-state index contributed by atoms with van der Waals surface area (Å²) in [5.41, 5.74) is 0.649. The van der Waals surface area contributed by atoms with Gasteiger partial charge in [0.15, 0.2) is 0 Å².